The van der Waals surface area contributed by atoms with Gasteiger partial charge in [-0.3, -0.25) is 0 Å². The molecule has 0 saturated carbocycles. The SMILES string of the molecule is CCCCn1c(O)c(N=Nc2nc(-c3cc4ccccc4oc3=O)cs2)c2ccccc21. The van der Waals surface area contributed by atoms with E-state index in [-0.39, 0.29) is 5.88 Å². The Bertz CT molecular complexity index is 1510. The van der Waals surface area contributed by atoms with Gasteiger partial charge in [-0.15, -0.1) is 21.6 Å². The number of aromatic hydroxyl groups is 1. The summed E-state index contributed by atoms with van der Waals surface area (Å²) in [5.41, 5.74) is 2.28. The molecule has 0 atom stereocenters. The molecule has 8 heteroatoms. The van der Waals surface area contributed by atoms with Crippen molar-refractivity contribution in [1.82, 2.24) is 9.55 Å². The van der Waals surface area contributed by atoms with Gasteiger partial charge < -0.3 is 14.1 Å². The van der Waals surface area contributed by atoms with Gasteiger partial charge in [-0.1, -0.05) is 49.7 Å². The van der Waals surface area contributed by atoms with Gasteiger partial charge in [0.05, 0.1) is 16.8 Å². The Labute approximate surface area is 187 Å². The fraction of sp³-hybridized carbons (Fsp3) is 0.167. The minimum absolute atomic E-state index is 0.0929. The molecule has 0 aliphatic heterocycles. The average molecular weight is 445 g/mol. The molecule has 5 rings (SSSR count). The zero-order chi connectivity index (χ0) is 22.1. The highest BCUT2D eigenvalue weighted by atomic mass is 32.1. The molecule has 3 aromatic heterocycles. The molecule has 0 radical (unpaired) electrons. The zero-order valence-electron chi connectivity index (χ0n) is 17.4. The van der Waals surface area contributed by atoms with E-state index in [1.165, 1.54) is 11.3 Å². The molecular formula is C24H20N4O3S. The quantitative estimate of drug-likeness (QED) is 0.230. The number of aryl methyl sites for hydroxylation is 1. The fourth-order valence-electron chi connectivity index (χ4n) is 3.68. The van der Waals surface area contributed by atoms with Crippen LogP contribution >= 0.6 is 11.3 Å². The van der Waals surface area contributed by atoms with Crippen LogP contribution in [0, 0.1) is 0 Å². The number of fused-ring (bicyclic) bond motifs is 2. The molecule has 160 valence electrons. The Morgan fingerprint density at radius 3 is 2.81 bits per heavy atom. The third-order valence-electron chi connectivity index (χ3n) is 5.30. The molecule has 0 spiro atoms. The first kappa shape index (κ1) is 20.1. The van der Waals surface area contributed by atoms with E-state index in [9.17, 15) is 9.90 Å². The van der Waals surface area contributed by atoms with E-state index in [0.717, 1.165) is 29.1 Å². The van der Waals surface area contributed by atoms with Gasteiger partial charge in [0.15, 0.2) is 5.69 Å². The zero-order valence-corrected chi connectivity index (χ0v) is 18.2. The maximum atomic E-state index is 12.4. The van der Waals surface area contributed by atoms with Gasteiger partial charge in [-0.05, 0) is 24.6 Å². The van der Waals surface area contributed by atoms with Crippen LogP contribution in [-0.4, -0.2) is 14.7 Å². The predicted molar refractivity (Wildman–Crippen MR) is 126 cm³/mol. The van der Waals surface area contributed by atoms with Gasteiger partial charge in [0.1, 0.15) is 5.58 Å². The summed E-state index contributed by atoms with van der Waals surface area (Å²) in [7, 11) is 0. The van der Waals surface area contributed by atoms with Crippen LogP contribution < -0.4 is 5.63 Å². The second kappa shape index (κ2) is 8.39. The van der Waals surface area contributed by atoms with Gasteiger partial charge in [0, 0.05) is 22.7 Å². The van der Waals surface area contributed by atoms with Crippen LogP contribution in [0.4, 0.5) is 10.8 Å². The summed E-state index contributed by atoms with van der Waals surface area (Å²) < 4.78 is 7.27. The van der Waals surface area contributed by atoms with Crippen molar-refractivity contribution in [3.8, 4) is 17.1 Å². The first-order valence-corrected chi connectivity index (χ1v) is 11.2. The summed E-state index contributed by atoms with van der Waals surface area (Å²) in [5.74, 6) is 0.0929. The Kier molecular flexibility index (Phi) is 5.28. The molecule has 32 heavy (non-hydrogen) atoms. The van der Waals surface area contributed by atoms with E-state index in [1.54, 1.807) is 17.5 Å². The second-order valence-electron chi connectivity index (χ2n) is 7.40. The van der Waals surface area contributed by atoms with E-state index in [0.29, 0.717) is 34.2 Å². The Hall–Kier alpha value is -3.78. The summed E-state index contributed by atoms with van der Waals surface area (Å²) in [4.78, 5) is 16.8. The standard InChI is InChI=1S/C24H20N4O3S/c1-2-3-12-28-19-10-6-5-9-16(19)21(22(28)29)26-27-24-25-18(14-32-24)17-13-15-8-4-7-11-20(15)31-23(17)30/h4-11,13-14,29H,2-3,12H2,1H3. The maximum Gasteiger partial charge on any atom is 0.345 e. The monoisotopic (exact) mass is 444 g/mol. The molecule has 0 saturated heterocycles. The smallest absolute Gasteiger partial charge is 0.345 e. The van der Waals surface area contributed by atoms with Crippen LogP contribution in [0.5, 0.6) is 5.88 Å². The second-order valence-corrected chi connectivity index (χ2v) is 8.23. The number of benzene rings is 2. The number of unbranched alkanes of at least 4 members (excludes halogenated alkanes) is 1. The van der Waals surface area contributed by atoms with Crippen LogP contribution in [-0.2, 0) is 6.54 Å². The van der Waals surface area contributed by atoms with Crippen molar-refractivity contribution >= 4 is 44.0 Å². The van der Waals surface area contributed by atoms with E-state index < -0.39 is 5.63 Å². The molecule has 5 aromatic rings. The number of nitrogens with zero attached hydrogens (tertiary/aromatic N) is 4. The van der Waals surface area contributed by atoms with E-state index >= 15 is 0 Å². The molecule has 3 heterocycles. The largest absolute Gasteiger partial charge is 0.493 e. The number of azo groups is 1. The molecule has 0 unspecified atom stereocenters. The van der Waals surface area contributed by atoms with Crippen molar-refractivity contribution < 1.29 is 9.52 Å². The lowest BCUT2D eigenvalue weighted by atomic mass is 10.1. The van der Waals surface area contributed by atoms with E-state index in [4.69, 9.17) is 4.42 Å². The minimum atomic E-state index is -0.450. The summed E-state index contributed by atoms with van der Waals surface area (Å²) in [6, 6.07) is 16.8. The van der Waals surface area contributed by atoms with Crippen LogP contribution in [0.1, 0.15) is 19.8 Å². The third-order valence-corrected chi connectivity index (χ3v) is 6.02. The highest BCUT2D eigenvalue weighted by molar-refractivity contribution is 7.13. The lowest BCUT2D eigenvalue weighted by Crippen LogP contribution is -2.02. The van der Waals surface area contributed by atoms with Gasteiger partial charge in [0.25, 0.3) is 0 Å². The van der Waals surface area contributed by atoms with Crippen molar-refractivity contribution in [3.05, 3.63) is 70.4 Å². The lowest BCUT2D eigenvalue weighted by Gasteiger charge is -2.05. The molecule has 1 N–H and O–H groups in total. The lowest BCUT2D eigenvalue weighted by molar-refractivity contribution is 0.418. The van der Waals surface area contributed by atoms with Crippen molar-refractivity contribution in [2.75, 3.05) is 0 Å². The number of para-hydroxylation sites is 2. The van der Waals surface area contributed by atoms with Crippen LogP contribution in [0.2, 0.25) is 0 Å². The number of rotatable bonds is 6. The van der Waals surface area contributed by atoms with Crippen LogP contribution in [0.25, 0.3) is 33.1 Å². The molecule has 0 bridgehead atoms. The normalized spacial score (nSPS) is 11.8. The molecular weight excluding hydrogens is 424 g/mol. The summed E-state index contributed by atoms with van der Waals surface area (Å²) in [6.07, 6.45) is 1.97. The predicted octanol–water partition coefficient (Wildman–Crippen LogP) is 6.79. The topological polar surface area (TPSA) is 93.0 Å². The molecule has 0 amide bonds. The van der Waals surface area contributed by atoms with Crippen molar-refractivity contribution in [2.24, 2.45) is 10.2 Å². The first-order valence-electron chi connectivity index (χ1n) is 10.4. The molecule has 0 aliphatic carbocycles. The van der Waals surface area contributed by atoms with Crippen molar-refractivity contribution in [2.45, 2.75) is 26.3 Å². The summed E-state index contributed by atoms with van der Waals surface area (Å²) >= 11 is 1.27. The summed E-state index contributed by atoms with van der Waals surface area (Å²) in [6.45, 7) is 2.82. The average Bonchev–Trinajstić information content (AvgIpc) is 3.38. The van der Waals surface area contributed by atoms with E-state index in [1.807, 2.05) is 47.0 Å². The highest BCUT2D eigenvalue weighted by Gasteiger charge is 2.16. The van der Waals surface area contributed by atoms with Crippen LogP contribution in [0.15, 0.2) is 79.4 Å². The third kappa shape index (κ3) is 3.58. The highest BCUT2D eigenvalue weighted by Crippen LogP contribution is 2.40. The van der Waals surface area contributed by atoms with Gasteiger partial charge in [-0.25, -0.2) is 9.78 Å². The molecule has 7 nitrogen and oxygen atoms in total. The minimum Gasteiger partial charge on any atom is -0.493 e. The van der Waals surface area contributed by atoms with Gasteiger partial charge >= 0.3 is 5.63 Å². The van der Waals surface area contributed by atoms with Crippen LogP contribution in [0.3, 0.4) is 0 Å². The Morgan fingerprint density at radius 1 is 1.12 bits per heavy atom. The van der Waals surface area contributed by atoms with Gasteiger partial charge in [0.2, 0.25) is 11.0 Å². The number of hydrogen-bond acceptors (Lipinski definition) is 7. The summed E-state index contributed by atoms with van der Waals surface area (Å²) in [5, 5.41) is 23.1. The number of thiazole rings is 1. The first-order chi connectivity index (χ1) is 15.7. The molecule has 0 fully saturated rings. The fourth-order valence-corrected chi connectivity index (χ4v) is 4.32. The van der Waals surface area contributed by atoms with Gasteiger partial charge in [-0.2, -0.15) is 0 Å². The number of hydrogen-bond donors (Lipinski definition) is 1. The Morgan fingerprint density at radius 2 is 1.94 bits per heavy atom. The van der Waals surface area contributed by atoms with E-state index in [2.05, 4.69) is 22.1 Å². The Balaban J connectivity index is 1.50. The van der Waals surface area contributed by atoms with Crippen molar-refractivity contribution in [1.29, 1.82) is 0 Å². The maximum absolute atomic E-state index is 12.4. The number of aromatic nitrogens is 2. The molecule has 2 aromatic carbocycles. The van der Waals surface area contributed by atoms with Crippen molar-refractivity contribution in [3.63, 3.8) is 0 Å². The molecule has 0 aliphatic rings.